The van der Waals surface area contributed by atoms with Gasteiger partial charge in [0.05, 0.1) is 22.7 Å². The van der Waals surface area contributed by atoms with E-state index < -0.39 is 0 Å². The SMILES string of the molecule is CSc1ccc(NC(=O)CSCc2ccc(C)cc2)cn1. The lowest BCUT2D eigenvalue weighted by molar-refractivity contribution is -0.113. The normalized spacial score (nSPS) is 10.4. The van der Waals surface area contributed by atoms with E-state index in [0.717, 1.165) is 16.5 Å². The number of aromatic nitrogens is 1. The average Bonchev–Trinajstić information content (AvgIpc) is 2.50. The molecule has 0 saturated heterocycles. The summed E-state index contributed by atoms with van der Waals surface area (Å²) < 4.78 is 0. The Kier molecular flexibility index (Phi) is 6.14. The fourth-order valence-electron chi connectivity index (χ4n) is 1.72. The Bertz CT molecular complexity index is 582. The largest absolute Gasteiger partial charge is 0.324 e. The van der Waals surface area contributed by atoms with E-state index in [9.17, 15) is 4.79 Å². The molecule has 5 heteroatoms. The molecule has 1 aromatic heterocycles. The number of hydrogen-bond donors (Lipinski definition) is 1. The second kappa shape index (κ2) is 8.10. The van der Waals surface area contributed by atoms with E-state index in [2.05, 4.69) is 41.5 Å². The molecule has 0 aliphatic rings. The van der Waals surface area contributed by atoms with Gasteiger partial charge in [0, 0.05) is 5.75 Å². The number of pyridine rings is 1. The number of benzene rings is 1. The summed E-state index contributed by atoms with van der Waals surface area (Å²) in [6, 6.07) is 12.2. The Morgan fingerprint density at radius 2 is 1.95 bits per heavy atom. The first-order valence-corrected chi connectivity index (χ1v) is 8.98. The number of aryl methyl sites for hydroxylation is 1. The summed E-state index contributed by atoms with van der Waals surface area (Å²) in [5, 5.41) is 3.80. The molecule has 0 aliphatic heterocycles. The van der Waals surface area contributed by atoms with E-state index >= 15 is 0 Å². The van der Waals surface area contributed by atoms with Crippen LogP contribution < -0.4 is 5.32 Å². The smallest absolute Gasteiger partial charge is 0.234 e. The summed E-state index contributed by atoms with van der Waals surface area (Å²) in [4.78, 5) is 16.1. The molecule has 0 atom stereocenters. The van der Waals surface area contributed by atoms with Gasteiger partial charge in [0.1, 0.15) is 0 Å². The Balaban J connectivity index is 1.75. The maximum atomic E-state index is 11.8. The topological polar surface area (TPSA) is 42.0 Å². The molecule has 0 aliphatic carbocycles. The Labute approximate surface area is 133 Å². The molecular formula is C16H18N2OS2. The van der Waals surface area contributed by atoms with Crippen LogP contribution in [0.15, 0.2) is 47.6 Å². The first kappa shape index (κ1) is 15.9. The molecule has 1 heterocycles. The molecule has 0 spiro atoms. The quantitative estimate of drug-likeness (QED) is 0.818. The number of nitrogens with one attached hydrogen (secondary N) is 1. The van der Waals surface area contributed by atoms with Crippen molar-refractivity contribution in [1.82, 2.24) is 4.98 Å². The third-order valence-corrected chi connectivity index (χ3v) is 4.52. The average molecular weight is 318 g/mol. The molecule has 0 unspecified atom stereocenters. The van der Waals surface area contributed by atoms with Crippen LogP contribution in [0.3, 0.4) is 0 Å². The van der Waals surface area contributed by atoms with Gasteiger partial charge in [0.15, 0.2) is 0 Å². The van der Waals surface area contributed by atoms with Crippen LogP contribution in [0, 0.1) is 6.92 Å². The van der Waals surface area contributed by atoms with E-state index in [1.54, 1.807) is 29.7 Å². The van der Waals surface area contributed by atoms with E-state index in [-0.39, 0.29) is 5.91 Å². The van der Waals surface area contributed by atoms with E-state index in [0.29, 0.717) is 5.75 Å². The highest BCUT2D eigenvalue weighted by Crippen LogP contribution is 2.16. The highest BCUT2D eigenvalue weighted by atomic mass is 32.2. The standard InChI is InChI=1S/C16H18N2OS2/c1-12-3-5-13(6-4-12)10-21-11-15(19)18-14-7-8-16(20-2)17-9-14/h3-9H,10-11H2,1-2H3,(H,18,19). The minimum Gasteiger partial charge on any atom is -0.324 e. The molecule has 1 aromatic carbocycles. The summed E-state index contributed by atoms with van der Waals surface area (Å²) in [5.74, 6) is 1.29. The molecule has 2 aromatic rings. The third-order valence-electron chi connectivity index (χ3n) is 2.85. The zero-order valence-corrected chi connectivity index (χ0v) is 13.8. The fourth-order valence-corrected chi connectivity index (χ4v) is 2.87. The number of carbonyl (C=O) groups is 1. The first-order chi connectivity index (χ1) is 10.2. The molecule has 110 valence electrons. The molecule has 21 heavy (non-hydrogen) atoms. The summed E-state index contributed by atoms with van der Waals surface area (Å²) in [7, 11) is 0. The van der Waals surface area contributed by atoms with Crippen LogP contribution in [0.25, 0.3) is 0 Å². The highest BCUT2D eigenvalue weighted by Gasteiger charge is 2.03. The zero-order chi connectivity index (χ0) is 15.1. The van der Waals surface area contributed by atoms with E-state index in [1.807, 2.05) is 18.4 Å². The van der Waals surface area contributed by atoms with Crippen LogP contribution in [-0.2, 0) is 10.5 Å². The number of carbonyl (C=O) groups excluding carboxylic acids is 1. The second-order valence-electron chi connectivity index (χ2n) is 4.62. The van der Waals surface area contributed by atoms with Crippen molar-refractivity contribution in [2.24, 2.45) is 0 Å². The van der Waals surface area contributed by atoms with Crippen LogP contribution in [-0.4, -0.2) is 22.9 Å². The number of rotatable bonds is 6. The maximum Gasteiger partial charge on any atom is 0.234 e. The van der Waals surface area contributed by atoms with Gasteiger partial charge in [-0.3, -0.25) is 4.79 Å². The number of thioether (sulfide) groups is 2. The Morgan fingerprint density at radius 3 is 2.57 bits per heavy atom. The van der Waals surface area contributed by atoms with Crippen molar-refractivity contribution < 1.29 is 4.79 Å². The number of anilines is 1. The van der Waals surface area contributed by atoms with Gasteiger partial charge < -0.3 is 5.32 Å². The van der Waals surface area contributed by atoms with Crippen molar-refractivity contribution in [2.45, 2.75) is 17.7 Å². The van der Waals surface area contributed by atoms with Crippen LogP contribution in [0.1, 0.15) is 11.1 Å². The van der Waals surface area contributed by atoms with Crippen molar-refractivity contribution in [3.05, 3.63) is 53.7 Å². The molecule has 3 nitrogen and oxygen atoms in total. The molecule has 0 bridgehead atoms. The number of amides is 1. The molecule has 0 fully saturated rings. The third kappa shape index (κ3) is 5.44. The maximum absolute atomic E-state index is 11.8. The molecule has 1 amide bonds. The summed E-state index contributed by atoms with van der Waals surface area (Å²) in [6.07, 6.45) is 3.66. The van der Waals surface area contributed by atoms with Gasteiger partial charge in [0.2, 0.25) is 5.91 Å². The van der Waals surface area contributed by atoms with E-state index in [1.165, 1.54) is 11.1 Å². The molecule has 0 radical (unpaired) electrons. The summed E-state index contributed by atoms with van der Waals surface area (Å²) >= 11 is 3.19. The molecule has 0 saturated carbocycles. The van der Waals surface area contributed by atoms with Crippen molar-refractivity contribution in [1.29, 1.82) is 0 Å². The van der Waals surface area contributed by atoms with Crippen molar-refractivity contribution >= 4 is 35.1 Å². The minimum atomic E-state index is 0.00538. The number of nitrogens with zero attached hydrogens (tertiary/aromatic N) is 1. The van der Waals surface area contributed by atoms with Crippen LogP contribution in [0.4, 0.5) is 5.69 Å². The van der Waals surface area contributed by atoms with Gasteiger partial charge in [-0.2, -0.15) is 0 Å². The lowest BCUT2D eigenvalue weighted by Gasteiger charge is -2.06. The monoisotopic (exact) mass is 318 g/mol. The zero-order valence-electron chi connectivity index (χ0n) is 12.1. The predicted molar refractivity (Wildman–Crippen MR) is 92.0 cm³/mol. The van der Waals surface area contributed by atoms with Gasteiger partial charge >= 0.3 is 0 Å². The Hall–Kier alpha value is -1.46. The van der Waals surface area contributed by atoms with Crippen molar-refractivity contribution in [3.63, 3.8) is 0 Å². The van der Waals surface area contributed by atoms with Gasteiger partial charge in [-0.15, -0.1) is 23.5 Å². The van der Waals surface area contributed by atoms with Crippen LogP contribution >= 0.6 is 23.5 Å². The summed E-state index contributed by atoms with van der Waals surface area (Å²) in [5.41, 5.74) is 3.24. The van der Waals surface area contributed by atoms with Crippen molar-refractivity contribution in [2.75, 3.05) is 17.3 Å². The summed E-state index contributed by atoms with van der Waals surface area (Å²) in [6.45, 7) is 2.07. The number of hydrogen-bond acceptors (Lipinski definition) is 4. The predicted octanol–water partition coefficient (Wildman–Crippen LogP) is 3.98. The highest BCUT2D eigenvalue weighted by molar-refractivity contribution is 7.99. The lowest BCUT2D eigenvalue weighted by atomic mass is 10.2. The minimum absolute atomic E-state index is 0.00538. The molecule has 1 N–H and O–H groups in total. The van der Waals surface area contributed by atoms with Crippen molar-refractivity contribution in [3.8, 4) is 0 Å². The lowest BCUT2D eigenvalue weighted by Crippen LogP contribution is -2.14. The van der Waals surface area contributed by atoms with Gasteiger partial charge in [-0.1, -0.05) is 29.8 Å². The van der Waals surface area contributed by atoms with Crippen LogP contribution in [0.5, 0.6) is 0 Å². The van der Waals surface area contributed by atoms with Gasteiger partial charge in [0.25, 0.3) is 0 Å². The van der Waals surface area contributed by atoms with Gasteiger partial charge in [-0.05, 0) is 30.9 Å². The van der Waals surface area contributed by atoms with E-state index in [4.69, 9.17) is 0 Å². The molecular weight excluding hydrogens is 300 g/mol. The fraction of sp³-hybridized carbons (Fsp3) is 0.250. The first-order valence-electron chi connectivity index (χ1n) is 6.60. The van der Waals surface area contributed by atoms with Gasteiger partial charge in [-0.25, -0.2) is 4.98 Å². The van der Waals surface area contributed by atoms with Crippen LogP contribution in [0.2, 0.25) is 0 Å². The Morgan fingerprint density at radius 1 is 1.19 bits per heavy atom. The second-order valence-corrected chi connectivity index (χ2v) is 6.43. The molecule has 2 rings (SSSR count).